The maximum Gasteiger partial charge on any atom is 0.309 e. The van der Waals surface area contributed by atoms with Crippen molar-refractivity contribution in [3.05, 3.63) is 33.9 Å². The minimum absolute atomic E-state index is 0.353. The number of rotatable bonds is 12. The number of unbranched alkanes of at least 4 members (excludes halogenated alkanes) is 4. The van der Waals surface area contributed by atoms with E-state index in [9.17, 15) is 9.90 Å². The molecular weight excluding hydrogens is 356 g/mol. The maximum absolute atomic E-state index is 11.3. The van der Waals surface area contributed by atoms with Gasteiger partial charge < -0.3 is 5.11 Å². The van der Waals surface area contributed by atoms with Crippen molar-refractivity contribution in [1.29, 1.82) is 0 Å². The SMILES string of the molecule is Cc1cc(CCCCCC(C)(C)C)c(CCCCCC2(C(=O)O)CC2)c(C)c1C. The third kappa shape index (κ3) is 7.15. The summed E-state index contributed by atoms with van der Waals surface area (Å²) in [6.07, 6.45) is 13.6. The van der Waals surface area contributed by atoms with Crippen molar-refractivity contribution in [2.24, 2.45) is 10.8 Å². The number of hydrogen-bond donors (Lipinski definition) is 1. The molecule has 1 aliphatic carbocycles. The molecule has 0 atom stereocenters. The molecule has 0 aliphatic heterocycles. The van der Waals surface area contributed by atoms with Crippen LogP contribution in [0.25, 0.3) is 0 Å². The van der Waals surface area contributed by atoms with Crippen LogP contribution in [0.2, 0.25) is 0 Å². The van der Waals surface area contributed by atoms with Gasteiger partial charge in [0.2, 0.25) is 0 Å². The van der Waals surface area contributed by atoms with E-state index >= 15 is 0 Å². The van der Waals surface area contributed by atoms with E-state index in [0.29, 0.717) is 5.41 Å². The molecule has 0 radical (unpaired) electrons. The highest BCUT2D eigenvalue weighted by atomic mass is 16.4. The van der Waals surface area contributed by atoms with Crippen LogP contribution >= 0.6 is 0 Å². The van der Waals surface area contributed by atoms with E-state index in [1.54, 1.807) is 11.1 Å². The van der Waals surface area contributed by atoms with Crippen LogP contribution in [0.3, 0.4) is 0 Å². The van der Waals surface area contributed by atoms with Gasteiger partial charge in [0.05, 0.1) is 5.41 Å². The van der Waals surface area contributed by atoms with Crippen molar-refractivity contribution < 1.29 is 9.90 Å². The summed E-state index contributed by atoms with van der Waals surface area (Å²) in [5.41, 5.74) is 7.58. The van der Waals surface area contributed by atoms with Crippen molar-refractivity contribution >= 4 is 5.97 Å². The Morgan fingerprint density at radius 1 is 0.931 bits per heavy atom. The molecule has 0 aromatic heterocycles. The predicted octanol–water partition coefficient (Wildman–Crippen LogP) is 7.73. The molecule has 0 bridgehead atoms. The van der Waals surface area contributed by atoms with Crippen LogP contribution in [0.15, 0.2) is 6.07 Å². The van der Waals surface area contributed by atoms with Crippen molar-refractivity contribution in [1.82, 2.24) is 0 Å². The van der Waals surface area contributed by atoms with Gasteiger partial charge in [0.1, 0.15) is 0 Å². The topological polar surface area (TPSA) is 37.3 Å². The second-order valence-corrected chi connectivity index (χ2v) is 10.8. The van der Waals surface area contributed by atoms with Crippen LogP contribution in [0.5, 0.6) is 0 Å². The molecule has 0 amide bonds. The number of hydrogen-bond acceptors (Lipinski definition) is 1. The van der Waals surface area contributed by atoms with Gasteiger partial charge in [0.25, 0.3) is 0 Å². The lowest BCUT2D eigenvalue weighted by atomic mass is 9.87. The molecule has 29 heavy (non-hydrogen) atoms. The van der Waals surface area contributed by atoms with Crippen LogP contribution in [-0.4, -0.2) is 11.1 Å². The third-order valence-corrected chi connectivity index (χ3v) is 7.15. The van der Waals surface area contributed by atoms with E-state index in [1.807, 2.05) is 0 Å². The molecule has 1 fully saturated rings. The second kappa shape index (κ2) is 10.1. The van der Waals surface area contributed by atoms with Crippen LogP contribution in [0.4, 0.5) is 0 Å². The van der Waals surface area contributed by atoms with Crippen molar-refractivity contribution in [3.8, 4) is 0 Å². The van der Waals surface area contributed by atoms with Gasteiger partial charge in [-0.2, -0.15) is 0 Å². The largest absolute Gasteiger partial charge is 0.481 e. The van der Waals surface area contributed by atoms with Gasteiger partial charge in [-0.15, -0.1) is 0 Å². The van der Waals surface area contributed by atoms with E-state index in [2.05, 4.69) is 47.6 Å². The Labute approximate surface area is 179 Å². The normalized spacial score (nSPS) is 15.5. The number of carboxylic acid groups (broad SMARTS) is 1. The Bertz CT molecular complexity index is 689. The Morgan fingerprint density at radius 2 is 1.55 bits per heavy atom. The predicted molar refractivity (Wildman–Crippen MR) is 124 cm³/mol. The zero-order valence-electron chi connectivity index (χ0n) is 19.9. The number of benzene rings is 1. The standard InChI is InChI=1S/C27H44O2/c1-20-19-23(13-9-7-11-15-26(4,5)6)24(22(3)21(20)2)14-10-8-12-16-27(17-18-27)25(28)29/h19H,7-18H2,1-6H3,(H,28,29). The van der Waals surface area contributed by atoms with Gasteiger partial charge in [-0.1, -0.05) is 52.5 Å². The fourth-order valence-corrected chi connectivity index (χ4v) is 4.60. The van der Waals surface area contributed by atoms with E-state index in [0.717, 1.165) is 38.5 Å². The Hall–Kier alpha value is -1.31. The van der Waals surface area contributed by atoms with Gasteiger partial charge >= 0.3 is 5.97 Å². The van der Waals surface area contributed by atoms with E-state index in [-0.39, 0.29) is 5.41 Å². The lowest BCUT2D eigenvalue weighted by Gasteiger charge is -2.19. The molecule has 0 spiro atoms. The minimum Gasteiger partial charge on any atom is -0.481 e. The van der Waals surface area contributed by atoms with Crippen LogP contribution in [0.1, 0.15) is 113 Å². The summed E-state index contributed by atoms with van der Waals surface area (Å²) in [4.78, 5) is 11.3. The number of carboxylic acids is 1. The summed E-state index contributed by atoms with van der Waals surface area (Å²) in [7, 11) is 0. The summed E-state index contributed by atoms with van der Waals surface area (Å²) >= 11 is 0. The fraction of sp³-hybridized carbons (Fsp3) is 0.741. The maximum atomic E-state index is 11.3. The van der Waals surface area contributed by atoms with E-state index in [1.165, 1.54) is 55.2 Å². The lowest BCUT2D eigenvalue weighted by Crippen LogP contribution is -2.14. The van der Waals surface area contributed by atoms with Gasteiger partial charge in [-0.3, -0.25) is 4.79 Å². The summed E-state index contributed by atoms with van der Waals surface area (Å²) in [5.74, 6) is -0.573. The molecule has 0 heterocycles. The molecule has 2 rings (SSSR count). The van der Waals surface area contributed by atoms with Crippen molar-refractivity contribution in [2.45, 2.75) is 119 Å². The first kappa shape index (κ1) is 24.0. The Kier molecular flexibility index (Phi) is 8.37. The number of carbonyl (C=O) groups is 1. The molecule has 2 nitrogen and oxygen atoms in total. The zero-order chi connectivity index (χ0) is 21.7. The molecular formula is C27H44O2. The highest BCUT2D eigenvalue weighted by Gasteiger charge is 2.49. The first-order valence-corrected chi connectivity index (χ1v) is 11.9. The summed E-state index contributed by atoms with van der Waals surface area (Å²) < 4.78 is 0. The van der Waals surface area contributed by atoms with E-state index in [4.69, 9.17) is 0 Å². The molecule has 1 aromatic carbocycles. The molecule has 1 N–H and O–H groups in total. The van der Waals surface area contributed by atoms with Crippen molar-refractivity contribution in [3.63, 3.8) is 0 Å². The average molecular weight is 401 g/mol. The molecule has 1 saturated carbocycles. The minimum atomic E-state index is -0.573. The molecule has 0 saturated heterocycles. The second-order valence-electron chi connectivity index (χ2n) is 10.8. The zero-order valence-corrected chi connectivity index (χ0v) is 19.9. The average Bonchev–Trinajstić information content (AvgIpc) is 3.41. The first-order valence-electron chi connectivity index (χ1n) is 11.9. The quantitative estimate of drug-likeness (QED) is 0.364. The summed E-state index contributed by atoms with van der Waals surface area (Å²) in [6.45, 7) is 13.8. The number of aliphatic carboxylic acids is 1. The highest BCUT2D eigenvalue weighted by molar-refractivity contribution is 5.77. The molecule has 0 unspecified atom stereocenters. The Morgan fingerprint density at radius 3 is 2.14 bits per heavy atom. The van der Waals surface area contributed by atoms with Gasteiger partial charge in [0.15, 0.2) is 0 Å². The van der Waals surface area contributed by atoms with Gasteiger partial charge in [0, 0.05) is 0 Å². The molecule has 1 aliphatic rings. The lowest BCUT2D eigenvalue weighted by molar-refractivity contribution is -0.143. The van der Waals surface area contributed by atoms with E-state index < -0.39 is 5.97 Å². The number of aryl methyl sites for hydroxylation is 2. The van der Waals surface area contributed by atoms with Crippen LogP contribution < -0.4 is 0 Å². The summed E-state index contributed by atoms with van der Waals surface area (Å²) in [6, 6.07) is 2.44. The molecule has 2 heteroatoms. The van der Waals surface area contributed by atoms with Crippen LogP contribution in [0, 0.1) is 31.6 Å². The van der Waals surface area contributed by atoms with Gasteiger partial charge in [-0.25, -0.2) is 0 Å². The van der Waals surface area contributed by atoms with Gasteiger partial charge in [-0.05, 0) is 105 Å². The van der Waals surface area contributed by atoms with Crippen LogP contribution in [-0.2, 0) is 17.6 Å². The summed E-state index contributed by atoms with van der Waals surface area (Å²) in [5, 5.41) is 9.33. The third-order valence-electron chi connectivity index (χ3n) is 7.15. The first-order chi connectivity index (χ1) is 13.6. The van der Waals surface area contributed by atoms with Crippen molar-refractivity contribution in [2.75, 3.05) is 0 Å². The Balaban J connectivity index is 1.86. The molecule has 1 aromatic rings. The smallest absolute Gasteiger partial charge is 0.309 e. The fourth-order valence-electron chi connectivity index (χ4n) is 4.60. The monoisotopic (exact) mass is 400 g/mol. The highest BCUT2D eigenvalue weighted by Crippen LogP contribution is 2.50. The molecule has 164 valence electrons.